The highest BCUT2D eigenvalue weighted by Gasteiger charge is 2.49. The Morgan fingerprint density at radius 3 is 2.59 bits per heavy atom. The van der Waals surface area contributed by atoms with E-state index in [-0.39, 0.29) is 24.1 Å². The van der Waals surface area contributed by atoms with Crippen molar-refractivity contribution in [2.24, 2.45) is 11.3 Å². The van der Waals surface area contributed by atoms with Gasteiger partial charge in [0.25, 0.3) is 5.91 Å². The Labute approximate surface area is 129 Å². The summed E-state index contributed by atoms with van der Waals surface area (Å²) in [6.45, 7) is 6.24. The van der Waals surface area contributed by atoms with Gasteiger partial charge in [0.1, 0.15) is 0 Å². The average molecular weight is 306 g/mol. The number of carboxylic acids is 1. The van der Waals surface area contributed by atoms with Gasteiger partial charge in [0.15, 0.2) is 5.89 Å². The summed E-state index contributed by atoms with van der Waals surface area (Å²) in [5.41, 5.74) is -0.257. The van der Waals surface area contributed by atoms with Crippen molar-refractivity contribution in [1.29, 1.82) is 0 Å². The van der Waals surface area contributed by atoms with Crippen LogP contribution in [0.15, 0.2) is 4.42 Å². The monoisotopic (exact) mass is 306 g/mol. The first-order chi connectivity index (χ1) is 10.3. The standard InChI is InChI=1S/C16H22N2O4/c1-9(2)16(15(20)21)6-7-18(8-16)14(19)12-10(3)17-13(22-12)11-4-5-11/h9,11H,4-8H2,1-3H3,(H,20,21). The molecule has 22 heavy (non-hydrogen) atoms. The summed E-state index contributed by atoms with van der Waals surface area (Å²) in [5.74, 6) is 0.180. The molecule has 120 valence electrons. The molecule has 2 heterocycles. The van der Waals surface area contributed by atoms with Gasteiger partial charge in [-0.2, -0.15) is 0 Å². The smallest absolute Gasteiger partial charge is 0.311 e. The van der Waals surface area contributed by atoms with E-state index in [9.17, 15) is 14.7 Å². The number of nitrogens with zero attached hydrogens (tertiary/aromatic N) is 2. The van der Waals surface area contributed by atoms with Crippen molar-refractivity contribution in [3.63, 3.8) is 0 Å². The van der Waals surface area contributed by atoms with Crippen LogP contribution in [-0.2, 0) is 4.79 Å². The Kier molecular flexibility index (Phi) is 3.50. The molecular formula is C16H22N2O4. The molecule has 6 nitrogen and oxygen atoms in total. The van der Waals surface area contributed by atoms with Gasteiger partial charge >= 0.3 is 5.97 Å². The van der Waals surface area contributed by atoms with Crippen LogP contribution in [0.4, 0.5) is 0 Å². The Bertz CT molecular complexity index is 618. The maximum atomic E-state index is 12.7. The van der Waals surface area contributed by atoms with E-state index in [1.807, 2.05) is 13.8 Å². The zero-order valence-electron chi connectivity index (χ0n) is 13.3. The van der Waals surface area contributed by atoms with Gasteiger partial charge in [0.05, 0.1) is 11.1 Å². The molecule has 2 fully saturated rings. The summed E-state index contributed by atoms with van der Waals surface area (Å²) >= 11 is 0. The van der Waals surface area contributed by atoms with Gasteiger partial charge in [-0.05, 0) is 32.1 Å². The van der Waals surface area contributed by atoms with Crippen LogP contribution in [0.1, 0.15) is 61.2 Å². The van der Waals surface area contributed by atoms with Crippen LogP contribution in [-0.4, -0.2) is 40.0 Å². The van der Waals surface area contributed by atoms with E-state index in [1.54, 1.807) is 11.8 Å². The van der Waals surface area contributed by atoms with Crippen molar-refractivity contribution in [2.45, 2.75) is 46.0 Å². The average Bonchev–Trinajstić information content (AvgIpc) is 3.07. The lowest BCUT2D eigenvalue weighted by Gasteiger charge is -2.28. The number of carboxylic acid groups (broad SMARTS) is 1. The van der Waals surface area contributed by atoms with E-state index in [0.717, 1.165) is 12.8 Å². The molecule has 1 aliphatic heterocycles. The minimum atomic E-state index is -0.858. The number of amides is 1. The second-order valence-electron chi connectivity index (χ2n) is 6.83. The highest BCUT2D eigenvalue weighted by molar-refractivity contribution is 5.93. The van der Waals surface area contributed by atoms with E-state index in [1.165, 1.54) is 0 Å². The lowest BCUT2D eigenvalue weighted by molar-refractivity contribution is -0.150. The highest BCUT2D eigenvalue weighted by atomic mass is 16.4. The quantitative estimate of drug-likeness (QED) is 0.923. The van der Waals surface area contributed by atoms with Gasteiger partial charge in [-0.1, -0.05) is 13.8 Å². The predicted octanol–water partition coefficient (Wildman–Crippen LogP) is 2.43. The molecular weight excluding hydrogens is 284 g/mol. The first-order valence-electron chi connectivity index (χ1n) is 7.85. The number of carbonyl (C=O) groups is 2. The summed E-state index contributed by atoms with van der Waals surface area (Å²) in [5, 5.41) is 9.57. The first kappa shape index (κ1) is 15.1. The Balaban J connectivity index is 1.80. The van der Waals surface area contributed by atoms with Crippen molar-refractivity contribution in [3.05, 3.63) is 17.3 Å². The summed E-state index contributed by atoms with van der Waals surface area (Å²) in [7, 11) is 0. The van der Waals surface area contributed by atoms with Crippen molar-refractivity contribution in [3.8, 4) is 0 Å². The summed E-state index contributed by atoms with van der Waals surface area (Å²) in [4.78, 5) is 30.3. The number of likely N-dealkylation sites (tertiary alicyclic amines) is 1. The van der Waals surface area contributed by atoms with Crippen molar-refractivity contribution in [1.82, 2.24) is 9.88 Å². The second kappa shape index (κ2) is 5.11. The summed E-state index contributed by atoms with van der Waals surface area (Å²) in [6.07, 6.45) is 2.61. The van der Waals surface area contributed by atoms with Crippen LogP contribution in [0.25, 0.3) is 0 Å². The Morgan fingerprint density at radius 2 is 2.09 bits per heavy atom. The van der Waals surface area contributed by atoms with E-state index < -0.39 is 11.4 Å². The van der Waals surface area contributed by atoms with Gasteiger partial charge in [-0.25, -0.2) is 4.98 Å². The highest BCUT2D eigenvalue weighted by Crippen LogP contribution is 2.41. The number of carbonyl (C=O) groups excluding carboxylic acids is 1. The number of hydrogen-bond donors (Lipinski definition) is 1. The van der Waals surface area contributed by atoms with Gasteiger partial charge in [0, 0.05) is 19.0 Å². The van der Waals surface area contributed by atoms with Gasteiger partial charge in [-0.15, -0.1) is 0 Å². The molecule has 0 bridgehead atoms. The summed E-state index contributed by atoms with van der Waals surface area (Å²) in [6, 6.07) is 0. The molecule has 1 N–H and O–H groups in total. The van der Waals surface area contributed by atoms with Crippen LogP contribution in [0, 0.1) is 18.3 Å². The molecule has 0 radical (unpaired) electrons. The third-order valence-corrected chi connectivity index (χ3v) is 5.05. The van der Waals surface area contributed by atoms with Crippen molar-refractivity contribution < 1.29 is 19.1 Å². The second-order valence-corrected chi connectivity index (χ2v) is 6.83. The van der Waals surface area contributed by atoms with Crippen LogP contribution < -0.4 is 0 Å². The molecule has 1 aliphatic carbocycles. The molecule has 6 heteroatoms. The van der Waals surface area contributed by atoms with E-state index in [2.05, 4.69) is 4.98 Å². The fourth-order valence-electron chi connectivity index (χ4n) is 3.16. The number of aromatic nitrogens is 1. The maximum absolute atomic E-state index is 12.7. The number of aliphatic carboxylic acids is 1. The zero-order valence-corrected chi connectivity index (χ0v) is 13.3. The first-order valence-corrected chi connectivity index (χ1v) is 7.85. The van der Waals surface area contributed by atoms with Crippen molar-refractivity contribution in [2.75, 3.05) is 13.1 Å². The molecule has 1 aromatic rings. The zero-order chi connectivity index (χ0) is 16.1. The maximum Gasteiger partial charge on any atom is 0.311 e. The predicted molar refractivity (Wildman–Crippen MR) is 78.6 cm³/mol. The normalized spacial score (nSPS) is 25.0. The molecule has 0 spiro atoms. The number of rotatable bonds is 4. The molecule has 2 aliphatic rings. The third kappa shape index (κ3) is 2.30. The minimum absolute atomic E-state index is 0.0272. The third-order valence-electron chi connectivity index (χ3n) is 5.05. The lowest BCUT2D eigenvalue weighted by atomic mass is 9.76. The van der Waals surface area contributed by atoms with Crippen LogP contribution in [0.2, 0.25) is 0 Å². The van der Waals surface area contributed by atoms with Crippen LogP contribution >= 0.6 is 0 Å². The van der Waals surface area contributed by atoms with E-state index >= 15 is 0 Å². The Morgan fingerprint density at radius 1 is 1.41 bits per heavy atom. The molecule has 1 saturated carbocycles. The van der Waals surface area contributed by atoms with Gasteiger partial charge in [-0.3, -0.25) is 9.59 Å². The van der Waals surface area contributed by atoms with Gasteiger partial charge < -0.3 is 14.4 Å². The van der Waals surface area contributed by atoms with Crippen LogP contribution in [0.5, 0.6) is 0 Å². The molecule has 3 rings (SSSR count). The SMILES string of the molecule is Cc1nc(C2CC2)oc1C(=O)N1CCC(C(=O)O)(C(C)C)C1. The number of hydrogen-bond acceptors (Lipinski definition) is 4. The largest absolute Gasteiger partial charge is 0.481 e. The van der Waals surface area contributed by atoms with Gasteiger partial charge in [0.2, 0.25) is 5.76 Å². The molecule has 0 aromatic carbocycles. The van der Waals surface area contributed by atoms with E-state index in [0.29, 0.717) is 30.5 Å². The Hall–Kier alpha value is -1.85. The minimum Gasteiger partial charge on any atom is -0.481 e. The fraction of sp³-hybridized carbons (Fsp3) is 0.688. The lowest BCUT2D eigenvalue weighted by Crippen LogP contribution is -2.40. The number of oxazole rings is 1. The molecule has 1 aromatic heterocycles. The molecule has 1 atom stereocenters. The topological polar surface area (TPSA) is 83.6 Å². The van der Waals surface area contributed by atoms with E-state index in [4.69, 9.17) is 4.42 Å². The fourth-order valence-corrected chi connectivity index (χ4v) is 3.16. The number of aryl methyl sites for hydroxylation is 1. The summed E-state index contributed by atoms with van der Waals surface area (Å²) < 4.78 is 5.65. The van der Waals surface area contributed by atoms with Crippen LogP contribution in [0.3, 0.4) is 0 Å². The molecule has 1 saturated heterocycles. The molecule has 1 unspecified atom stereocenters. The molecule has 1 amide bonds. The van der Waals surface area contributed by atoms with Crippen molar-refractivity contribution >= 4 is 11.9 Å².